The van der Waals surface area contributed by atoms with Crippen LogP contribution in [0.3, 0.4) is 0 Å². The number of amides is 13. The second kappa shape index (κ2) is 45.3. The summed E-state index contributed by atoms with van der Waals surface area (Å²) in [7, 11) is 0. The van der Waals surface area contributed by atoms with Crippen molar-refractivity contribution in [3.05, 3.63) is 29.8 Å². The van der Waals surface area contributed by atoms with Gasteiger partial charge in [-0.2, -0.15) is 0 Å². The number of ether oxygens (including phenoxy) is 1. The summed E-state index contributed by atoms with van der Waals surface area (Å²) in [4.78, 5) is 199. The number of phenols is 1. The lowest BCUT2D eigenvalue weighted by molar-refractivity contribution is -0.368. The van der Waals surface area contributed by atoms with Crippen LogP contribution in [0.15, 0.2) is 24.3 Å². The summed E-state index contributed by atoms with van der Waals surface area (Å²) < 4.78 is 5.97. The smallest absolute Gasteiger partial charge is 0.328 e. The molecule has 0 saturated carbocycles. The number of fused-ring (bicyclic) bond motifs is 2. The van der Waals surface area contributed by atoms with E-state index in [2.05, 4.69) is 65.8 Å². The first-order chi connectivity index (χ1) is 50.9. The molecule has 0 aromatic heterocycles. The quantitative estimate of drug-likeness (QED) is 0.0320. The molecule has 0 unspecified atom stereocenters. The van der Waals surface area contributed by atoms with E-state index in [1.54, 1.807) is 0 Å². The maximum absolute atomic E-state index is 14.8. The Labute approximate surface area is 628 Å². The van der Waals surface area contributed by atoms with Gasteiger partial charge in [0.15, 0.2) is 0 Å². The molecule has 0 bridgehead atoms. The number of phenolic OH excluding ortho intramolecular Hbond substituents is 1. The van der Waals surface area contributed by atoms with Crippen LogP contribution in [0.25, 0.3) is 0 Å². The molecule has 3 aliphatic rings. The van der Waals surface area contributed by atoms with Gasteiger partial charge in [0.05, 0.1) is 68.7 Å². The zero-order valence-corrected chi connectivity index (χ0v) is 63.0. The van der Waals surface area contributed by atoms with E-state index in [0.29, 0.717) is 23.3 Å². The predicted molar refractivity (Wildman–Crippen MR) is 384 cm³/mol. The lowest BCUT2D eigenvalue weighted by atomic mass is 9.99. The van der Waals surface area contributed by atoms with Crippen LogP contribution < -0.4 is 64.6 Å². The number of nitrogens with one attached hydrogen (secondary N) is 10. The second-order valence-electron chi connectivity index (χ2n) is 28.7. The Bertz CT molecular complexity index is 3200. The Hall–Kier alpha value is -8.72. The molecule has 37 heteroatoms. The molecule has 1 aromatic rings. The van der Waals surface area contributed by atoms with Gasteiger partial charge in [-0.05, 0) is 90.3 Å². The number of esters is 1. The summed E-state index contributed by atoms with van der Waals surface area (Å²) in [5, 5.41) is 111. The largest absolute Gasteiger partial charge is 0.508 e. The van der Waals surface area contributed by atoms with Crippen LogP contribution in [0.2, 0.25) is 0 Å². The topological polar surface area (TPSA) is 590 Å². The van der Waals surface area contributed by atoms with E-state index in [1.807, 2.05) is 0 Å². The number of nitrogens with zero attached hydrogens (tertiary/aromatic N) is 2. The van der Waals surface area contributed by atoms with Crippen molar-refractivity contribution >= 4 is 82.8 Å². The molecule has 37 nitrogen and oxygen atoms in total. The number of nitrogens with two attached hydrogens (primary N) is 1. The van der Waals surface area contributed by atoms with Crippen molar-refractivity contribution < 1.29 is 118 Å². The van der Waals surface area contributed by atoms with Crippen LogP contribution in [0.4, 0.5) is 0 Å². The normalized spacial score (nSPS) is 28.1. The summed E-state index contributed by atoms with van der Waals surface area (Å²) in [6.45, 7) is 8.98. The lowest BCUT2D eigenvalue weighted by Crippen LogP contribution is -2.64. The molecule has 13 amide bonds. The van der Waals surface area contributed by atoms with Crippen molar-refractivity contribution in [1.82, 2.24) is 63.0 Å². The molecule has 3 aliphatic heterocycles. The molecule has 0 aliphatic carbocycles. The highest BCUT2D eigenvalue weighted by molar-refractivity contribution is 6.00. The number of rotatable bonds is 25. The number of quaternary nitrogens is 1. The lowest BCUT2D eigenvalue weighted by Gasteiger charge is -2.34. The SMILES string of the molecule is CCCCCCCCCCCCC[C@@H]1CC(=O)N[C@H]([C@@H](C)O)C(=O)N[C@H](C)C(=O)N[C@@H](Cc2ccc(O)cc2)C(=O)N[C@@H](C(C)C)C(=O)N2C[C@H](O)C[C@H]2C(=O)N[C@H]([C@@H](C)O)C(=O)N[C@@H]([C@@H](C)O)C(=O)N2CC[C@H](O)[C@H]2C(=O)N[C@@H]([C@H](O)CC(N)=O)C(=O)NCC(=O)N[C@H]([C@@H](C)O)C(=O)N[C@@H](CCC[NH3+])C(=O)O1. The first-order valence-corrected chi connectivity index (χ1v) is 37.3. The zero-order chi connectivity index (χ0) is 80.8. The van der Waals surface area contributed by atoms with E-state index in [0.717, 1.165) is 77.0 Å². The van der Waals surface area contributed by atoms with Gasteiger partial charge in [0.2, 0.25) is 76.8 Å². The summed E-state index contributed by atoms with van der Waals surface area (Å²) >= 11 is 0. The molecule has 0 spiro atoms. The fourth-order valence-corrected chi connectivity index (χ4v) is 12.8. The number of aliphatic hydroxyl groups is 7. The van der Waals surface area contributed by atoms with Gasteiger partial charge in [-0.1, -0.05) is 97.1 Å². The van der Waals surface area contributed by atoms with Crippen LogP contribution in [0.1, 0.15) is 177 Å². The van der Waals surface area contributed by atoms with Crippen LogP contribution in [-0.2, 0) is 78.3 Å². The highest BCUT2D eigenvalue weighted by atomic mass is 16.5. The van der Waals surface area contributed by atoms with Crippen molar-refractivity contribution in [1.29, 1.82) is 0 Å². The van der Waals surface area contributed by atoms with Crippen molar-refractivity contribution in [2.45, 2.75) is 293 Å². The van der Waals surface area contributed by atoms with E-state index < -0.39 is 243 Å². The van der Waals surface area contributed by atoms with Gasteiger partial charge in [0, 0.05) is 25.9 Å². The van der Waals surface area contributed by atoms with E-state index in [9.17, 15) is 108 Å². The Kier molecular flexibility index (Phi) is 38.5. The third-order valence-electron chi connectivity index (χ3n) is 19.0. The van der Waals surface area contributed by atoms with Crippen LogP contribution in [0, 0.1) is 5.92 Å². The molecule has 23 N–H and O–H groups in total. The Balaban J connectivity index is 1.80. The first-order valence-electron chi connectivity index (χ1n) is 37.3. The number of aromatic hydroxyl groups is 1. The fraction of sp³-hybridized carbons (Fsp3) is 0.718. The van der Waals surface area contributed by atoms with Crippen molar-refractivity contribution in [3.63, 3.8) is 0 Å². The number of benzene rings is 1. The van der Waals surface area contributed by atoms with E-state index in [-0.39, 0.29) is 44.4 Å². The zero-order valence-electron chi connectivity index (χ0n) is 63.0. The van der Waals surface area contributed by atoms with Crippen molar-refractivity contribution in [3.8, 4) is 5.75 Å². The molecule has 0 radical (unpaired) electrons. The maximum atomic E-state index is 14.8. The van der Waals surface area contributed by atoms with Crippen LogP contribution in [0.5, 0.6) is 5.75 Å². The average molecular weight is 1530 g/mol. The van der Waals surface area contributed by atoms with Crippen molar-refractivity contribution in [2.24, 2.45) is 11.7 Å². The highest BCUT2D eigenvalue weighted by Crippen LogP contribution is 2.25. The van der Waals surface area contributed by atoms with Gasteiger partial charge < -0.3 is 120 Å². The van der Waals surface area contributed by atoms with Gasteiger partial charge in [-0.25, -0.2) is 4.79 Å². The van der Waals surface area contributed by atoms with Crippen LogP contribution in [-0.4, -0.2) is 275 Å². The highest BCUT2D eigenvalue weighted by Gasteiger charge is 2.48. The molecule has 4 rings (SSSR count). The molecule has 3 fully saturated rings. The Morgan fingerprint density at radius 1 is 0.556 bits per heavy atom. The molecular weight excluding hydrogens is 1420 g/mol. The van der Waals surface area contributed by atoms with Crippen molar-refractivity contribution in [2.75, 3.05) is 26.2 Å². The maximum Gasteiger partial charge on any atom is 0.328 e. The fourth-order valence-electron chi connectivity index (χ4n) is 12.8. The average Bonchev–Trinajstić information content (AvgIpc) is 1.62. The van der Waals surface area contributed by atoms with Gasteiger partial charge in [0.1, 0.15) is 78.3 Å². The Morgan fingerprint density at radius 2 is 1.06 bits per heavy atom. The monoisotopic (exact) mass is 1530 g/mol. The summed E-state index contributed by atoms with van der Waals surface area (Å²) in [5.41, 5.74) is 9.52. The number of hydrogen-bond acceptors (Lipinski definition) is 23. The van der Waals surface area contributed by atoms with Gasteiger partial charge >= 0.3 is 5.97 Å². The minimum Gasteiger partial charge on any atom is -0.508 e. The van der Waals surface area contributed by atoms with E-state index in [1.165, 1.54) is 58.4 Å². The number of cyclic esters (lactones) is 1. The standard InChI is InChI=1S/C71H116N14O23/c1-9-10-11-12-13-14-15-16-17-18-19-21-45-32-52(95)78-55(38(5)86)65(101)75-37(4)61(97)77-47(30-42-23-25-43(90)26-24-42)62(98)80-54(36(2)3)69(105)85-35-44(91)31-48(85)63(99)81-57(40(7)88)67(103)82-58(41(8)89)70(106)84-29-27-49(92)60(84)68(104)83-59(50(93)33-51(73)94)64(100)74-34-53(96)79-56(39(6)87)66(102)76-46(22-20-28-72)71(107)108-45/h23-26,36-41,44-50,54-60,86-93H,9-22,27-35,72H2,1-8H3,(H2,73,94)(H,74,100)(H,75,101)(H,76,102)(H,77,97)(H,78,95)(H,79,96)(H,80,98)(H,81,99)(H,82,103)(H,83,104)/p+1/t37-,38-,39-,40-,41-,44-,45-,46+,47+,48+,49+,50-,54+,55-,56-,57-,58+,59+,60+/m1/s1. The molecule has 3 heterocycles. The minimum atomic E-state index is -2.21. The number of carbonyl (C=O) groups is 14. The summed E-state index contributed by atoms with van der Waals surface area (Å²) in [5.74, 6) is -17.0. The summed E-state index contributed by atoms with van der Waals surface area (Å²) in [6.07, 6.45) is -5.65. The minimum absolute atomic E-state index is 0.0816. The number of hydrogen-bond donors (Lipinski definition) is 20. The van der Waals surface area contributed by atoms with Gasteiger partial charge in [0.25, 0.3) is 0 Å². The number of unbranched alkanes of at least 4 members (excludes halogenated alkanes) is 10. The third-order valence-corrected chi connectivity index (χ3v) is 19.0. The van der Waals surface area contributed by atoms with Crippen LogP contribution >= 0.6 is 0 Å². The first kappa shape index (κ1) is 91.7. The number of carbonyl (C=O) groups excluding carboxylic acids is 14. The predicted octanol–water partition coefficient (Wildman–Crippen LogP) is -6.19. The van der Waals surface area contributed by atoms with E-state index in [4.69, 9.17) is 10.5 Å². The molecule has 1 aromatic carbocycles. The number of primary amides is 1. The molecule has 19 atom stereocenters. The molecule has 608 valence electrons. The third kappa shape index (κ3) is 29.0. The summed E-state index contributed by atoms with van der Waals surface area (Å²) in [6, 6.07) is -14.2. The molecule has 3 saturated heterocycles. The van der Waals surface area contributed by atoms with Gasteiger partial charge in [-0.15, -0.1) is 0 Å². The Morgan fingerprint density at radius 3 is 1.61 bits per heavy atom. The van der Waals surface area contributed by atoms with E-state index >= 15 is 0 Å². The number of aliphatic hydroxyl groups excluding tert-OH is 7. The second-order valence-corrected chi connectivity index (χ2v) is 28.7. The van der Waals surface area contributed by atoms with Gasteiger partial charge in [-0.3, -0.25) is 62.3 Å². The molecule has 108 heavy (non-hydrogen) atoms. The molecular formula is C71H117N14O23+.